The SMILES string of the molecule is c1ccc2c(c1)-c1c(-c3ccc4oc5ccccc5c4c3)cccc1C21c2ccccc2-c2c1ccc1oc3ccccc3c21. The van der Waals surface area contributed by atoms with Crippen LogP contribution in [0.15, 0.2) is 154 Å². The fourth-order valence-electron chi connectivity index (χ4n) is 8.62. The standard InChI is InChI=1S/C43H24O2/c1-5-15-32-28(11-1)40-26(25-20-22-38-31(24-25)27-10-3-7-18-36(27)44-38)14-9-17-34(40)43(32)33-16-6-2-12-29(33)41-35(43)21-23-39-42(41)30-13-4-8-19-37(30)45-39/h1-24H. The minimum absolute atomic E-state index is 0.438. The van der Waals surface area contributed by atoms with Crippen LogP contribution >= 0.6 is 0 Å². The molecule has 2 heteroatoms. The lowest BCUT2D eigenvalue weighted by molar-refractivity contribution is 0.668. The molecule has 1 atom stereocenters. The molecule has 0 saturated carbocycles. The van der Waals surface area contributed by atoms with E-state index in [-0.39, 0.29) is 0 Å². The minimum atomic E-state index is -0.438. The lowest BCUT2D eigenvalue weighted by Crippen LogP contribution is -2.25. The van der Waals surface area contributed by atoms with Gasteiger partial charge in [-0.3, -0.25) is 0 Å². The number of benzene rings is 7. The van der Waals surface area contributed by atoms with Crippen molar-refractivity contribution >= 4 is 43.9 Å². The number of para-hydroxylation sites is 2. The Morgan fingerprint density at radius 3 is 1.73 bits per heavy atom. The Hall–Kier alpha value is -5.86. The molecule has 11 rings (SSSR count). The molecule has 0 aliphatic heterocycles. The number of rotatable bonds is 1. The Balaban J connectivity index is 1.27. The maximum absolute atomic E-state index is 6.41. The van der Waals surface area contributed by atoms with Gasteiger partial charge in [-0.25, -0.2) is 0 Å². The van der Waals surface area contributed by atoms with E-state index in [4.69, 9.17) is 8.83 Å². The molecule has 0 N–H and O–H groups in total. The van der Waals surface area contributed by atoms with E-state index in [0.717, 1.165) is 38.5 Å². The van der Waals surface area contributed by atoms with E-state index >= 15 is 0 Å². The summed E-state index contributed by atoms with van der Waals surface area (Å²) in [6.45, 7) is 0. The van der Waals surface area contributed by atoms with Gasteiger partial charge in [-0.2, -0.15) is 0 Å². The summed E-state index contributed by atoms with van der Waals surface area (Å²) in [4.78, 5) is 0. The normalized spacial score (nSPS) is 16.1. The predicted octanol–water partition coefficient (Wildman–Crippen LogP) is 11.5. The largest absolute Gasteiger partial charge is 0.456 e. The molecule has 0 saturated heterocycles. The number of hydrogen-bond donors (Lipinski definition) is 0. The number of hydrogen-bond acceptors (Lipinski definition) is 2. The van der Waals surface area contributed by atoms with Crippen molar-refractivity contribution in [2.75, 3.05) is 0 Å². The molecule has 208 valence electrons. The third-order valence-electron chi connectivity index (χ3n) is 10.3. The van der Waals surface area contributed by atoms with Crippen molar-refractivity contribution in [2.45, 2.75) is 5.41 Å². The van der Waals surface area contributed by atoms with E-state index in [1.54, 1.807) is 0 Å². The smallest absolute Gasteiger partial charge is 0.136 e. The first-order chi connectivity index (χ1) is 22.3. The molecule has 1 spiro atoms. The van der Waals surface area contributed by atoms with Gasteiger partial charge in [0.15, 0.2) is 0 Å². The zero-order chi connectivity index (χ0) is 29.3. The number of fused-ring (bicyclic) bond motifs is 17. The van der Waals surface area contributed by atoms with Crippen molar-refractivity contribution in [3.63, 3.8) is 0 Å². The van der Waals surface area contributed by atoms with Crippen LogP contribution in [-0.2, 0) is 5.41 Å². The summed E-state index contributed by atoms with van der Waals surface area (Å²) in [5.41, 5.74) is 16.2. The van der Waals surface area contributed by atoms with Crippen LogP contribution in [0.4, 0.5) is 0 Å². The van der Waals surface area contributed by atoms with Crippen LogP contribution in [0.2, 0.25) is 0 Å². The highest BCUT2D eigenvalue weighted by atomic mass is 16.3. The van der Waals surface area contributed by atoms with E-state index in [9.17, 15) is 0 Å². The highest BCUT2D eigenvalue weighted by Crippen LogP contribution is 2.65. The maximum Gasteiger partial charge on any atom is 0.136 e. The second-order valence-electron chi connectivity index (χ2n) is 12.3. The van der Waals surface area contributed by atoms with Gasteiger partial charge in [-0.15, -0.1) is 0 Å². The first kappa shape index (κ1) is 23.6. The minimum Gasteiger partial charge on any atom is -0.456 e. The van der Waals surface area contributed by atoms with Gasteiger partial charge in [0.1, 0.15) is 22.3 Å². The summed E-state index contributed by atoms with van der Waals surface area (Å²) in [6, 6.07) is 52.8. The van der Waals surface area contributed by atoms with Crippen LogP contribution < -0.4 is 0 Å². The predicted molar refractivity (Wildman–Crippen MR) is 183 cm³/mol. The molecule has 0 fully saturated rings. The molecule has 2 heterocycles. The first-order valence-corrected chi connectivity index (χ1v) is 15.5. The zero-order valence-corrected chi connectivity index (χ0v) is 24.2. The summed E-state index contributed by atoms with van der Waals surface area (Å²) >= 11 is 0. The van der Waals surface area contributed by atoms with Gasteiger partial charge in [0.05, 0.1) is 5.41 Å². The molecule has 2 aliphatic rings. The Bertz CT molecular complexity index is 2720. The van der Waals surface area contributed by atoms with Crippen LogP contribution in [0.3, 0.4) is 0 Å². The molecule has 9 aromatic rings. The quantitative estimate of drug-likeness (QED) is 0.196. The van der Waals surface area contributed by atoms with E-state index < -0.39 is 5.41 Å². The molecular weight excluding hydrogens is 548 g/mol. The second kappa shape index (κ2) is 8.19. The molecule has 7 aromatic carbocycles. The first-order valence-electron chi connectivity index (χ1n) is 15.5. The summed E-state index contributed by atoms with van der Waals surface area (Å²) in [7, 11) is 0. The summed E-state index contributed by atoms with van der Waals surface area (Å²) in [5, 5.41) is 4.66. The Kier molecular flexibility index (Phi) is 4.29. The van der Waals surface area contributed by atoms with Gasteiger partial charge in [0.2, 0.25) is 0 Å². The highest BCUT2D eigenvalue weighted by Gasteiger charge is 2.52. The average Bonchev–Trinajstić information content (AvgIpc) is 3.82. The topological polar surface area (TPSA) is 26.3 Å². The maximum atomic E-state index is 6.41. The molecule has 1 unspecified atom stereocenters. The summed E-state index contributed by atoms with van der Waals surface area (Å²) < 4.78 is 12.6. The van der Waals surface area contributed by atoms with Gasteiger partial charge < -0.3 is 8.83 Å². The molecule has 2 aromatic heterocycles. The molecular formula is C43H24O2. The molecule has 45 heavy (non-hydrogen) atoms. The van der Waals surface area contributed by atoms with Crippen molar-refractivity contribution in [3.05, 3.63) is 168 Å². The van der Waals surface area contributed by atoms with Crippen molar-refractivity contribution in [1.29, 1.82) is 0 Å². The fourth-order valence-corrected chi connectivity index (χ4v) is 8.62. The highest BCUT2D eigenvalue weighted by molar-refractivity contribution is 6.16. The Labute approximate surface area is 258 Å². The third kappa shape index (κ3) is 2.77. The van der Waals surface area contributed by atoms with Crippen LogP contribution in [0.1, 0.15) is 22.3 Å². The third-order valence-corrected chi connectivity index (χ3v) is 10.3. The molecule has 2 nitrogen and oxygen atoms in total. The van der Waals surface area contributed by atoms with Crippen molar-refractivity contribution in [3.8, 4) is 33.4 Å². The summed E-state index contributed by atoms with van der Waals surface area (Å²) in [6.07, 6.45) is 0. The van der Waals surface area contributed by atoms with Crippen LogP contribution in [-0.4, -0.2) is 0 Å². The van der Waals surface area contributed by atoms with E-state index in [0.29, 0.717) is 0 Å². The van der Waals surface area contributed by atoms with E-state index in [1.807, 2.05) is 12.1 Å². The lowest BCUT2D eigenvalue weighted by Gasteiger charge is -2.30. The van der Waals surface area contributed by atoms with Gasteiger partial charge in [-0.1, -0.05) is 115 Å². The lowest BCUT2D eigenvalue weighted by atomic mass is 9.70. The van der Waals surface area contributed by atoms with E-state index in [1.165, 1.54) is 61.0 Å². The van der Waals surface area contributed by atoms with Crippen molar-refractivity contribution < 1.29 is 8.83 Å². The molecule has 0 radical (unpaired) electrons. The molecule has 0 bridgehead atoms. The van der Waals surface area contributed by atoms with Crippen molar-refractivity contribution in [1.82, 2.24) is 0 Å². The monoisotopic (exact) mass is 572 g/mol. The Morgan fingerprint density at radius 2 is 0.911 bits per heavy atom. The van der Waals surface area contributed by atoms with Gasteiger partial charge in [0.25, 0.3) is 0 Å². The van der Waals surface area contributed by atoms with E-state index in [2.05, 4.69) is 133 Å². The van der Waals surface area contributed by atoms with Crippen LogP contribution in [0.5, 0.6) is 0 Å². The summed E-state index contributed by atoms with van der Waals surface area (Å²) in [5.74, 6) is 0. The fraction of sp³-hybridized carbons (Fsp3) is 0.0233. The van der Waals surface area contributed by atoms with Gasteiger partial charge in [0, 0.05) is 21.5 Å². The van der Waals surface area contributed by atoms with Crippen molar-refractivity contribution in [2.24, 2.45) is 0 Å². The number of furan rings is 2. The second-order valence-corrected chi connectivity index (χ2v) is 12.3. The molecule has 0 amide bonds. The Morgan fingerprint density at radius 1 is 0.356 bits per heavy atom. The zero-order valence-electron chi connectivity index (χ0n) is 24.2. The van der Waals surface area contributed by atoms with Crippen LogP contribution in [0.25, 0.3) is 77.3 Å². The molecule has 2 aliphatic carbocycles. The average molecular weight is 573 g/mol. The van der Waals surface area contributed by atoms with Gasteiger partial charge >= 0.3 is 0 Å². The van der Waals surface area contributed by atoms with Gasteiger partial charge in [-0.05, 0) is 86.0 Å². The van der Waals surface area contributed by atoms with Crippen LogP contribution in [0, 0.1) is 0 Å².